The van der Waals surface area contributed by atoms with Crippen molar-refractivity contribution in [1.82, 2.24) is 0 Å². The van der Waals surface area contributed by atoms with Gasteiger partial charge in [0.2, 0.25) is 0 Å². The Morgan fingerprint density at radius 3 is 2.50 bits per heavy atom. The lowest BCUT2D eigenvalue weighted by Gasteiger charge is -1.89. The van der Waals surface area contributed by atoms with Crippen molar-refractivity contribution in [3.05, 3.63) is 11.6 Å². The topological polar surface area (TPSA) is 0 Å². The molecule has 0 aliphatic rings. The molecule has 0 aromatic carbocycles. The van der Waals surface area contributed by atoms with E-state index >= 15 is 0 Å². The van der Waals surface area contributed by atoms with E-state index in [9.17, 15) is 0 Å². The van der Waals surface area contributed by atoms with Crippen LogP contribution < -0.4 is 0 Å². The summed E-state index contributed by atoms with van der Waals surface area (Å²) in [6.07, 6.45) is 2.26. The van der Waals surface area contributed by atoms with E-state index in [1.54, 1.807) is 0 Å². The van der Waals surface area contributed by atoms with Crippen molar-refractivity contribution in [2.24, 2.45) is 0 Å². The van der Waals surface area contributed by atoms with Gasteiger partial charge in [0.1, 0.15) is 0 Å². The smallest absolute Gasteiger partial charge is 0.0115 e. The molecule has 0 atom stereocenters. The normalized spacial score (nSPS) is 8.88. The molecule has 0 fully saturated rings. The highest BCUT2D eigenvalue weighted by molar-refractivity contribution is 7.99. The first kappa shape index (κ1) is 8.09. The summed E-state index contributed by atoms with van der Waals surface area (Å²) in [5.41, 5.74) is 1.42. The van der Waals surface area contributed by atoms with E-state index in [1.165, 1.54) is 17.1 Å². The third-order valence-electron chi connectivity index (χ3n) is 0.814. The van der Waals surface area contributed by atoms with Crippen LogP contribution in [0.5, 0.6) is 0 Å². The minimum absolute atomic E-state index is 1.18. The summed E-state index contributed by atoms with van der Waals surface area (Å²) in [5, 5.41) is 0. The van der Waals surface area contributed by atoms with Crippen LogP contribution in [-0.2, 0) is 0 Å². The molecule has 8 heavy (non-hydrogen) atoms. The van der Waals surface area contributed by atoms with Gasteiger partial charge in [-0.3, -0.25) is 0 Å². The summed E-state index contributed by atoms with van der Waals surface area (Å²) in [6, 6.07) is 0. The van der Waals surface area contributed by atoms with Crippen LogP contribution in [0.15, 0.2) is 11.6 Å². The molecule has 0 aromatic rings. The number of rotatable bonds is 3. The van der Waals surface area contributed by atoms with Crippen LogP contribution in [-0.4, -0.2) is 11.5 Å². The van der Waals surface area contributed by atoms with Crippen molar-refractivity contribution in [3.63, 3.8) is 0 Å². The monoisotopic (exact) mass is 130 g/mol. The van der Waals surface area contributed by atoms with Crippen molar-refractivity contribution in [3.8, 4) is 0 Å². The Hall–Kier alpha value is 0.0900. The maximum atomic E-state index is 2.26. The van der Waals surface area contributed by atoms with Crippen molar-refractivity contribution in [2.75, 3.05) is 11.5 Å². The molecule has 0 unspecified atom stereocenters. The van der Waals surface area contributed by atoms with E-state index in [2.05, 4.69) is 26.8 Å². The second-order valence-electron chi connectivity index (χ2n) is 1.94. The van der Waals surface area contributed by atoms with E-state index < -0.39 is 0 Å². The van der Waals surface area contributed by atoms with E-state index in [0.717, 1.165) is 0 Å². The van der Waals surface area contributed by atoms with Gasteiger partial charge < -0.3 is 0 Å². The summed E-state index contributed by atoms with van der Waals surface area (Å²) in [6.45, 7) is 6.45. The van der Waals surface area contributed by atoms with Crippen LogP contribution in [0.3, 0.4) is 0 Å². The molecule has 0 heterocycles. The minimum Gasteiger partial charge on any atom is -0.158 e. The Morgan fingerprint density at radius 2 is 2.12 bits per heavy atom. The quantitative estimate of drug-likeness (QED) is 0.418. The Bertz CT molecular complexity index is 70.5. The van der Waals surface area contributed by atoms with Gasteiger partial charge >= 0.3 is 0 Å². The van der Waals surface area contributed by atoms with Gasteiger partial charge in [0.05, 0.1) is 0 Å². The molecule has 0 aliphatic carbocycles. The molecule has 0 radical (unpaired) electrons. The largest absolute Gasteiger partial charge is 0.158 e. The summed E-state index contributed by atoms with van der Waals surface area (Å²) >= 11 is 1.96. The third-order valence-corrected chi connectivity index (χ3v) is 1.62. The Morgan fingerprint density at radius 1 is 1.50 bits per heavy atom. The zero-order chi connectivity index (χ0) is 6.41. The van der Waals surface area contributed by atoms with Crippen LogP contribution in [0.2, 0.25) is 0 Å². The maximum absolute atomic E-state index is 2.26. The highest BCUT2D eigenvalue weighted by Crippen LogP contribution is 2.00. The minimum atomic E-state index is 1.18. The average Bonchev–Trinajstić information content (AvgIpc) is 1.66. The molecule has 0 spiro atoms. The van der Waals surface area contributed by atoms with Crippen molar-refractivity contribution >= 4 is 11.8 Å². The standard InChI is InChI=1S/C7H14S/c1-4-8-6-5-7(2)3/h5H,4,6H2,1-3H3. The van der Waals surface area contributed by atoms with Gasteiger partial charge in [-0.2, -0.15) is 11.8 Å². The molecule has 0 aromatic heterocycles. The van der Waals surface area contributed by atoms with E-state index in [1.807, 2.05) is 11.8 Å². The van der Waals surface area contributed by atoms with E-state index in [-0.39, 0.29) is 0 Å². The van der Waals surface area contributed by atoms with Gasteiger partial charge in [0, 0.05) is 5.75 Å². The molecule has 0 saturated heterocycles. The van der Waals surface area contributed by atoms with Crippen LogP contribution in [0.25, 0.3) is 0 Å². The summed E-state index contributed by atoms with van der Waals surface area (Å²) < 4.78 is 0. The lowest BCUT2D eigenvalue weighted by atomic mass is 10.3. The average molecular weight is 130 g/mol. The summed E-state index contributed by atoms with van der Waals surface area (Å²) in [4.78, 5) is 0. The number of hydrogen-bond donors (Lipinski definition) is 0. The Kier molecular flexibility index (Phi) is 5.29. The maximum Gasteiger partial charge on any atom is 0.0115 e. The first-order chi connectivity index (χ1) is 3.77. The SMILES string of the molecule is CCSCC=C(C)C. The molecule has 0 amide bonds. The molecular weight excluding hydrogens is 116 g/mol. The van der Waals surface area contributed by atoms with Gasteiger partial charge in [0.15, 0.2) is 0 Å². The van der Waals surface area contributed by atoms with Gasteiger partial charge in [-0.15, -0.1) is 0 Å². The number of thioether (sulfide) groups is 1. The van der Waals surface area contributed by atoms with Crippen molar-refractivity contribution in [2.45, 2.75) is 20.8 Å². The van der Waals surface area contributed by atoms with Crippen LogP contribution in [0, 0.1) is 0 Å². The lowest BCUT2D eigenvalue weighted by Crippen LogP contribution is -1.73. The summed E-state index contributed by atoms with van der Waals surface area (Å²) in [7, 11) is 0. The van der Waals surface area contributed by atoms with Gasteiger partial charge in [0.25, 0.3) is 0 Å². The second-order valence-corrected chi connectivity index (χ2v) is 3.26. The van der Waals surface area contributed by atoms with Crippen molar-refractivity contribution < 1.29 is 0 Å². The zero-order valence-electron chi connectivity index (χ0n) is 5.90. The molecule has 1 heteroatoms. The number of allylic oxidation sites excluding steroid dienone is 1. The molecule has 0 N–H and O–H groups in total. The highest BCUT2D eigenvalue weighted by Gasteiger charge is 1.77. The van der Waals surface area contributed by atoms with Gasteiger partial charge in [-0.05, 0) is 19.6 Å². The van der Waals surface area contributed by atoms with Crippen LogP contribution >= 0.6 is 11.8 Å². The fourth-order valence-electron chi connectivity index (χ4n) is 0.343. The first-order valence-corrected chi connectivity index (χ1v) is 4.14. The molecule has 0 nitrogen and oxygen atoms in total. The second kappa shape index (κ2) is 5.23. The first-order valence-electron chi connectivity index (χ1n) is 2.98. The van der Waals surface area contributed by atoms with Crippen molar-refractivity contribution in [1.29, 1.82) is 0 Å². The fraction of sp³-hybridized carbons (Fsp3) is 0.714. The molecule has 48 valence electrons. The van der Waals surface area contributed by atoms with Gasteiger partial charge in [-0.1, -0.05) is 18.6 Å². The predicted molar refractivity (Wildman–Crippen MR) is 42.4 cm³/mol. The van der Waals surface area contributed by atoms with Gasteiger partial charge in [-0.25, -0.2) is 0 Å². The highest BCUT2D eigenvalue weighted by atomic mass is 32.2. The molecule has 0 aliphatic heterocycles. The molecule has 0 saturated carbocycles. The Labute approximate surface area is 56.4 Å². The van der Waals surface area contributed by atoms with Crippen LogP contribution in [0.4, 0.5) is 0 Å². The van der Waals surface area contributed by atoms with Crippen LogP contribution in [0.1, 0.15) is 20.8 Å². The lowest BCUT2D eigenvalue weighted by molar-refractivity contribution is 1.37. The zero-order valence-corrected chi connectivity index (χ0v) is 6.72. The van der Waals surface area contributed by atoms with E-state index in [0.29, 0.717) is 0 Å². The summed E-state index contributed by atoms with van der Waals surface area (Å²) in [5.74, 6) is 2.41. The Balaban J connectivity index is 3.03. The predicted octanol–water partition coefficient (Wildman–Crippen LogP) is 2.71. The fourth-order valence-corrected chi connectivity index (χ4v) is 1.03. The van der Waals surface area contributed by atoms with E-state index in [4.69, 9.17) is 0 Å². The molecule has 0 bridgehead atoms. The molecular formula is C7H14S. The number of hydrogen-bond acceptors (Lipinski definition) is 1. The third kappa shape index (κ3) is 6.09. The molecule has 0 rings (SSSR count).